The van der Waals surface area contributed by atoms with E-state index >= 15 is 0 Å². The fourth-order valence-corrected chi connectivity index (χ4v) is 1.30. The van der Waals surface area contributed by atoms with Crippen LogP contribution in [0.1, 0.15) is 44.9 Å². The number of aromatic nitrogens is 2. The van der Waals surface area contributed by atoms with Crippen LogP contribution in [0.25, 0.3) is 0 Å². The number of aliphatic hydroxyl groups is 1. The number of rotatable bonds is 1. The van der Waals surface area contributed by atoms with Gasteiger partial charge in [-0.1, -0.05) is 20.8 Å². The van der Waals surface area contributed by atoms with E-state index in [1.807, 2.05) is 0 Å². The summed E-state index contributed by atoms with van der Waals surface area (Å²) in [7, 11) is 0. The summed E-state index contributed by atoms with van der Waals surface area (Å²) < 4.78 is 38.3. The maximum atomic E-state index is 12.8. The van der Waals surface area contributed by atoms with Crippen LogP contribution in [0.4, 0.5) is 13.2 Å². The van der Waals surface area contributed by atoms with E-state index in [1.54, 1.807) is 27.7 Å². The Balaban J connectivity index is 3.40. The van der Waals surface area contributed by atoms with Gasteiger partial charge in [0.15, 0.2) is 5.60 Å². The van der Waals surface area contributed by atoms with Gasteiger partial charge in [0, 0.05) is 11.1 Å². The standard InChI is InChI=1S/C12H17F3N2O/c1-7-6-8(11(5,18)12(13,14)15)17-9(16-7)10(2,3)4/h6,18H,1-5H3. The Morgan fingerprint density at radius 3 is 1.94 bits per heavy atom. The molecule has 1 aromatic rings. The second-order valence-corrected chi connectivity index (χ2v) is 5.54. The molecule has 0 bridgehead atoms. The van der Waals surface area contributed by atoms with Crippen molar-refractivity contribution >= 4 is 0 Å². The number of aryl methyl sites for hydroxylation is 1. The molecule has 0 spiro atoms. The molecule has 0 radical (unpaired) electrons. The van der Waals surface area contributed by atoms with E-state index in [-0.39, 0.29) is 5.82 Å². The lowest BCUT2D eigenvalue weighted by Crippen LogP contribution is -2.40. The molecule has 1 unspecified atom stereocenters. The lowest BCUT2D eigenvalue weighted by atomic mass is 9.94. The predicted octanol–water partition coefficient (Wildman–Crippen LogP) is 2.85. The second-order valence-electron chi connectivity index (χ2n) is 5.54. The highest BCUT2D eigenvalue weighted by Gasteiger charge is 2.52. The summed E-state index contributed by atoms with van der Waals surface area (Å²) in [5.41, 5.74) is -3.48. The molecule has 1 atom stereocenters. The van der Waals surface area contributed by atoms with E-state index in [4.69, 9.17) is 0 Å². The van der Waals surface area contributed by atoms with Crippen LogP contribution in [-0.2, 0) is 11.0 Å². The number of hydrogen-bond donors (Lipinski definition) is 1. The third-order valence-corrected chi connectivity index (χ3v) is 2.58. The SMILES string of the molecule is Cc1cc(C(C)(O)C(F)(F)F)nc(C(C)(C)C)n1. The molecular formula is C12H17F3N2O. The lowest BCUT2D eigenvalue weighted by Gasteiger charge is -2.27. The van der Waals surface area contributed by atoms with Crippen molar-refractivity contribution in [1.29, 1.82) is 0 Å². The van der Waals surface area contributed by atoms with Gasteiger partial charge in [-0.25, -0.2) is 9.97 Å². The molecular weight excluding hydrogens is 245 g/mol. The molecule has 0 saturated heterocycles. The van der Waals surface area contributed by atoms with Gasteiger partial charge in [-0.3, -0.25) is 0 Å². The van der Waals surface area contributed by atoms with Gasteiger partial charge in [-0.05, 0) is 19.9 Å². The van der Waals surface area contributed by atoms with Gasteiger partial charge in [0.25, 0.3) is 0 Å². The smallest absolute Gasteiger partial charge is 0.375 e. The molecule has 0 aromatic carbocycles. The molecule has 6 heteroatoms. The van der Waals surface area contributed by atoms with Gasteiger partial charge >= 0.3 is 6.18 Å². The predicted molar refractivity (Wildman–Crippen MR) is 61.1 cm³/mol. The van der Waals surface area contributed by atoms with E-state index in [0.717, 1.165) is 6.07 Å². The summed E-state index contributed by atoms with van der Waals surface area (Å²) in [5.74, 6) is 0.280. The minimum Gasteiger partial charge on any atom is -0.375 e. The molecule has 3 nitrogen and oxygen atoms in total. The van der Waals surface area contributed by atoms with Crippen LogP contribution in [-0.4, -0.2) is 21.3 Å². The molecule has 0 aliphatic carbocycles. The zero-order chi connectivity index (χ0) is 14.4. The molecule has 0 aliphatic heterocycles. The Morgan fingerprint density at radius 1 is 1.06 bits per heavy atom. The number of hydrogen-bond acceptors (Lipinski definition) is 3. The second kappa shape index (κ2) is 4.19. The third-order valence-electron chi connectivity index (χ3n) is 2.58. The lowest BCUT2D eigenvalue weighted by molar-refractivity contribution is -0.260. The van der Waals surface area contributed by atoms with Crippen molar-refractivity contribution in [2.24, 2.45) is 0 Å². The van der Waals surface area contributed by atoms with Crippen LogP contribution in [0.15, 0.2) is 6.07 Å². The zero-order valence-corrected chi connectivity index (χ0v) is 11.1. The minimum atomic E-state index is -4.77. The Hall–Kier alpha value is -1.17. The van der Waals surface area contributed by atoms with Gasteiger partial charge in [0.05, 0.1) is 5.69 Å². The zero-order valence-electron chi connectivity index (χ0n) is 11.1. The normalized spacial score (nSPS) is 16.5. The molecule has 0 aliphatic rings. The molecule has 1 N–H and O–H groups in total. The highest BCUT2D eigenvalue weighted by Crippen LogP contribution is 2.38. The van der Waals surface area contributed by atoms with E-state index in [9.17, 15) is 18.3 Å². The molecule has 0 saturated carbocycles. The summed E-state index contributed by atoms with van der Waals surface area (Å²) in [6.07, 6.45) is -4.77. The van der Waals surface area contributed by atoms with E-state index in [0.29, 0.717) is 12.6 Å². The van der Waals surface area contributed by atoms with E-state index in [1.165, 1.54) is 0 Å². The van der Waals surface area contributed by atoms with Crippen LogP contribution in [0.3, 0.4) is 0 Å². The first-order valence-corrected chi connectivity index (χ1v) is 5.51. The maximum Gasteiger partial charge on any atom is 0.422 e. The summed E-state index contributed by atoms with van der Waals surface area (Å²) >= 11 is 0. The largest absolute Gasteiger partial charge is 0.422 e. The summed E-state index contributed by atoms with van der Waals surface area (Å²) in [6.45, 7) is 7.67. The van der Waals surface area contributed by atoms with Crippen molar-refractivity contribution in [1.82, 2.24) is 9.97 Å². The van der Waals surface area contributed by atoms with Crippen LogP contribution < -0.4 is 0 Å². The van der Waals surface area contributed by atoms with Crippen molar-refractivity contribution in [3.8, 4) is 0 Å². The van der Waals surface area contributed by atoms with Gasteiger partial charge in [0.1, 0.15) is 5.82 Å². The number of nitrogens with zero attached hydrogens (tertiary/aromatic N) is 2. The van der Waals surface area contributed by atoms with Crippen LogP contribution in [0.2, 0.25) is 0 Å². The Morgan fingerprint density at radius 2 is 1.56 bits per heavy atom. The first-order valence-electron chi connectivity index (χ1n) is 5.51. The Kier molecular flexibility index (Phi) is 3.46. The molecule has 0 fully saturated rings. The first kappa shape index (κ1) is 14.9. The fourth-order valence-electron chi connectivity index (χ4n) is 1.30. The quantitative estimate of drug-likeness (QED) is 0.846. The monoisotopic (exact) mass is 262 g/mol. The fraction of sp³-hybridized carbons (Fsp3) is 0.667. The van der Waals surface area contributed by atoms with Crippen LogP contribution >= 0.6 is 0 Å². The number of halogens is 3. The Bertz CT molecular complexity index is 448. The maximum absolute atomic E-state index is 12.8. The molecule has 1 heterocycles. The average molecular weight is 262 g/mol. The average Bonchev–Trinajstić information content (AvgIpc) is 2.13. The highest BCUT2D eigenvalue weighted by atomic mass is 19.4. The molecule has 1 aromatic heterocycles. The van der Waals surface area contributed by atoms with Gasteiger partial charge in [-0.2, -0.15) is 13.2 Å². The van der Waals surface area contributed by atoms with Crippen molar-refractivity contribution in [3.05, 3.63) is 23.3 Å². The summed E-state index contributed by atoms with van der Waals surface area (Å²) in [5, 5.41) is 9.62. The molecule has 0 amide bonds. The van der Waals surface area contributed by atoms with Crippen molar-refractivity contribution in [2.75, 3.05) is 0 Å². The Labute approximate surface area is 104 Å². The molecule has 18 heavy (non-hydrogen) atoms. The van der Waals surface area contributed by atoms with Crippen LogP contribution in [0, 0.1) is 6.92 Å². The van der Waals surface area contributed by atoms with Crippen molar-refractivity contribution < 1.29 is 18.3 Å². The topological polar surface area (TPSA) is 46.0 Å². The van der Waals surface area contributed by atoms with Gasteiger partial charge < -0.3 is 5.11 Å². The third kappa shape index (κ3) is 2.80. The van der Waals surface area contributed by atoms with E-state index < -0.39 is 22.9 Å². The van der Waals surface area contributed by atoms with Crippen molar-refractivity contribution in [3.63, 3.8) is 0 Å². The summed E-state index contributed by atoms with van der Waals surface area (Å²) in [6, 6.07) is 1.16. The van der Waals surface area contributed by atoms with Gasteiger partial charge in [-0.15, -0.1) is 0 Å². The minimum absolute atomic E-state index is 0.280. The highest BCUT2D eigenvalue weighted by molar-refractivity contribution is 5.20. The molecule has 1 rings (SSSR count). The van der Waals surface area contributed by atoms with Gasteiger partial charge in [0.2, 0.25) is 0 Å². The van der Waals surface area contributed by atoms with Crippen LogP contribution in [0.5, 0.6) is 0 Å². The summed E-state index contributed by atoms with van der Waals surface area (Å²) in [4.78, 5) is 7.97. The first-order chi connectivity index (χ1) is 7.85. The number of alkyl halides is 3. The molecule has 102 valence electrons. The van der Waals surface area contributed by atoms with E-state index in [2.05, 4.69) is 9.97 Å². The van der Waals surface area contributed by atoms with Crippen molar-refractivity contribution in [2.45, 2.75) is 51.8 Å².